The predicted molar refractivity (Wildman–Crippen MR) is 79.6 cm³/mol. The number of nitrogens with one attached hydrogen (secondary N) is 1. The molecule has 0 fully saturated rings. The van der Waals surface area contributed by atoms with Crippen molar-refractivity contribution in [2.45, 2.75) is 19.9 Å². The minimum atomic E-state index is -0.216. The van der Waals surface area contributed by atoms with Crippen molar-refractivity contribution in [3.8, 4) is 0 Å². The largest absolute Gasteiger partial charge is 0.395 e. The molecule has 0 saturated heterocycles. The zero-order valence-electron chi connectivity index (χ0n) is 12.4. The summed E-state index contributed by atoms with van der Waals surface area (Å²) in [7, 11) is 1.63. The molecule has 1 rings (SSSR count). The third kappa shape index (κ3) is 5.07. The van der Waals surface area contributed by atoms with E-state index in [1.54, 1.807) is 13.2 Å². The van der Waals surface area contributed by atoms with Gasteiger partial charge in [-0.2, -0.15) is 0 Å². The number of hydrogen-bond acceptors (Lipinski definition) is 4. The summed E-state index contributed by atoms with van der Waals surface area (Å²) in [5.41, 5.74) is 1.46. The fraction of sp³-hybridized carbons (Fsp3) is 0.600. The Morgan fingerprint density at radius 3 is 2.80 bits per heavy atom. The van der Waals surface area contributed by atoms with Crippen LogP contribution in [0.4, 0.5) is 10.1 Å². The highest BCUT2D eigenvalue weighted by Crippen LogP contribution is 2.23. The molecule has 5 heteroatoms. The van der Waals surface area contributed by atoms with Crippen molar-refractivity contribution in [2.75, 3.05) is 44.9 Å². The van der Waals surface area contributed by atoms with Crippen LogP contribution in [0.25, 0.3) is 0 Å². The molecule has 114 valence electrons. The van der Waals surface area contributed by atoms with Gasteiger partial charge in [0.1, 0.15) is 5.82 Å². The second-order valence-corrected chi connectivity index (χ2v) is 4.62. The van der Waals surface area contributed by atoms with Gasteiger partial charge in [-0.25, -0.2) is 4.39 Å². The number of rotatable bonds is 10. The van der Waals surface area contributed by atoms with Crippen molar-refractivity contribution >= 4 is 5.69 Å². The van der Waals surface area contributed by atoms with E-state index in [0.717, 1.165) is 18.7 Å². The van der Waals surface area contributed by atoms with Gasteiger partial charge in [0.2, 0.25) is 0 Å². The molecule has 0 saturated carbocycles. The lowest BCUT2D eigenvalue weighted by molar-refractivity contribution is 0.203. The van der Waals surface area contributed by atoms with Crippen LogP contribution in [0.15, 0.2) is 18.2 Å². The molecule has 0 aliphatic heterocycles. The summed E-state index contributed by atoms with van der Waals surface area (Å²) in [5, 5.41) is 12.4. The molecular formula is C15H25FN2O2. The minimum absolute atomic E-state index is 0.0298. The Bertz CT molecular complexity index is 388. The Labute approximate surface area is 120 Å². The predicted octanol–water partition coefficient (Wildman–Crippen LogP) is 1.77. The lowest BCUT2D eigenvalue weighted by atomic mass is 10.1. The smallest absolute Gasteiger partial charge is 0.129 e. The monoisotopic (exact) mass is 284 g/mol. The van der Waals surface area contributed by atoms with Gasteiger partial charge in [0.15, 0.2) is 0 Å². The highest BCUT2D eigenvalue weighted by atomic mass is 19.1. The summed E-state index contributed by atoms with van der Waals surface area (Å²) in [6.07, 6.45) is 1.01. The number of aliphatic hydroxyl groups excluding tert-OH is 1. The second kappa shape index (κ2) is 9.69. The Morgan fingerprint density at radius 2 is 2.15 bits per heavy atom. The number of hydrogen-bond donors (Lipinski definition) is 2. The molecule has 0 atom stereocenters. The first-order valence-electron chi connectivity index (χ1n) is 7.07. The van der Waals surface area contributed by atoms with Crippen LogP contribution in [-0.2, 0) is 11.3 Å². The SMILES string of the molecule is CCCNCc1c(F)cccc1N(CCO)CCOC. The van der Waals surface area contributed by atoms with Crippen LogP contribution in [0.1, 0.15) is 18.9 Å². The summed E-state index contributed by atoms with van der Waals surface area (Å²) < 4.78 is 19.1. The Morgan fingerprint density at radius 1 is 1.35 bits per heavy atom. The van der Waals surface area contributed by atoms with Gasteiger partial charge in [-0.15, -0.1) is 0 Å². The minimum Gasteiger partial charge on any atom is -0.395 e. The fourth-order valence-corrected chi connectivity index (χ4v) is 2.08. The number of benzene rings is 1. The van der Waals surface area contributed by atoms with E-state index in [0.29, 0.717) is 31.8 Å². The normalized spacial score (nSPS) is 10.8. The highest BCUT2D eigenvalue weighted by molar-refractivity contribution is 5.54. The molecule has 0 radical (unpaired) electrons. The molecule has 4 nitrogen and oxygen atoms in total. The molecule has 0 unspecified atom stereocenters. The van der Waals surface area contributed by atoms with Crippen LogP contribution in [0.3, 0.4) is 0 Å². The summed E-state index contributed by atoms with van der Waals surface area (Å²) >= 11 is 0. The topological polar surface area (TPSA) is 44.7 Å². The molecule has 0 spiro atoms. The van der Waals surface area contributed by atoms with Crippen LogP contribution in [0.5, 0.6) is 0 Å². The van der Waals surface area contributed by atoms with Crippen LogP contribution >= 0.6 is 0 Å². The Kier molecular flexibility index (Phi) is 8.18. The van der Waals surface area contributed by atoms with E-state index in [1.807, 2.05) is 11.0 Å². The van der Waals surface area contributed by atoms with E-state index in [-0.39, 0.29) is 12.4 Å². The van der Waals surface area contributed by atoms with Crippen molar-refractivity contribution in [1.29, 1.82) is 0 Å². The Hall–Kier alpha value is -1.17. The quantitative estimate of drug-likeness (QED) is 0.643. The summed E-state index contributed by atoms with van der Waals surface area (Å²) in [6, 6.07) is 5.06. The van der Waals surface area contributed by atoms with Crippen LogP contribution in [0, 0.1) is 5.82 Å². The van der Waals surface area contributed by atoms with Gasteiger partial charge in [0, 0.05) is 38.0 Å². The fourth-order valence-electron chi connectivity index (χ4n) is 2.08. The highest BCUT2D eigenvalue weighted by Gasteiger charge is 2.14. The average molecular weight is 284 g/mol. The first-order chi connectivity index (χ1) is 9.74. The number of methoxy groups -OCH3 is 1. The van der Waals surface area contributed by atoms with E-state index in [2.05, 4.69) is 12.2 Å². The van der Waals surface area contributed by atoms with Crippen LogP contribution in [-0.4, -0.2) is 45.1 Å². The van der Waals surface area contributed by atoms with Crippen molar-refractivity contribution in [2.24, 2.45) is 0 Å². The van der Waals surface area contributed by atoms with Crippen LogP contribution in [0.2, 0.25) is 0 Å². The maximum Gasteiger partial charge on any atom is 0.129 e. The van der Waals surface area contributed by atoms with Crippen molar-refractivity contribution in [3.63, 3.8) is 0 Å². The molecule has 0 aliphatic carbocycles. The molecule has 1 aromatic carbocycles. The lowest BCUT2D eigenvalue weighted by Crippen LogP contribution is -2.32. The lowest BCUT2D eigenvalue weighted by Gasteiger charge is -2.26. The van der Waals surface area contributed by atoms with Gasteiger partial charge in [-0.3, -0.25) is 0 Å². The van der Waals surface area contributed by atoms with E-state index < -0.39 is 0 Å². The number of aliphatic hydroxyl groups is 1. The zero-order valence-corrected chi connectivity index (χ0v) is 12.4. The molecule has 0 heterocycles. The van der Waals surface area contributed by atoms with Gasteiger partial charge >= 0.3 is 0 Å². The summed E-state index contributed by atoms with van der Waals surface area (Å²) in [4.78, 5) is 1.95. The zero-order chi connectivity index (χ0) is 14.8. The first kappa shape index (κ1) is 16.9. The molecule has 0 aliphatic rings. The molecule has 0 amide bonds. The number of nitrogens with zero attached hydrogens (tertiary/aromatic N) is 1. The molecule has 0 aromatic heterocycles. The number of anilines is 1. The molecule has 20 heavy (non-hydrogen) atoms. The number of halogens is 1. The number of ether oxygens (including phenoxy) is 1. The van der Waals surface area contributed by atoms with Gasteiger partial charge < -0.3 is 20.1 Å². The second-order valence-electron chi connectivity index (χ2n) is 4.62. The molecule has 1 aromatic rings. The third-order valence-electron chi connectivity index (χ3n) is 3.10. The van der Waals surface area contributed by atoms with E-state index >= 15 is 0 Å². The summed E-state index contributed by atoms with van der Waals surface area (Å²) in [5.74, 6) is -0.216. The maximum absolute atomic E-state index is 14.0. The van der Waals surface area contributed by atoms with Gasteiger partial charge in [0.05, 0.1) is 13.2 Å². The van der Waals surface area contributed by atoms with Crippen molar-refractivity contribution < 1.29 is 14.2 Å². The maximum atomic E-state index is 14.0. The Balaban J connectivity index is 2.90. The van der Waals surface area contributed by atoms with E-state index in [1.165, 1.54) is 6.07 Å². The van der Waals surface area contributed by atoms with Crippen molar-refractivity contribution in [3.05, 3.63) is 29.6 Å². The van der Waals surface area contributed by atoms with E-state index in [9.17, 15) is 9.50 Å². The molecule has 2 N–H and O–H groups in total. The van der Waals surface area contributed by atoms with E-state index in [4.69, 9.17) is 4.74 Å². The van der Waals surface area contributed by atoms with Crippen molar-refractivity contribution in [1.82, 2.24) is 5.32 Å². The third-order valence-corrected chi connectivity index (χ3v) is 3.10. The average Bonchev–Trinajstić information content (AvgIpc) is 2.45. The van der Waals surface area contributed by atoms with Gasteiger partial charge in [-0.1, -0.05) is 13.0 Å². The van der Waals surface area contributed by atoms with Gasteiger partial charge in [0.25, 0.3) is 0 Å². The summed E-state index contributed by atoms with van der Waals surface area (Å²) in [6.45, 7) is 5.08. The molecule has 0 bridgehead atoms. The first-order valence-corrected chi connectivity index (χ1v) is 7.07. The molecular weight excluding hydrogens is 259 g/mol. The standard InChI is InChI=1S/C15H25FN2O2/c1-3-7-17-12-13-14(16)5-4-6-15(13)18(8-10-19)9-11-20-2/h4-6,17,19H,3,7-12H2,1-2H3. The van der Waals surface area contributed by atoms with Gasteiger partial charge in [-0.05, 0) is 25.1 Å². The van der Waals surface area contributed by atoms with Crippen LogP contribution < -0.4 is 10.2 Å².